The van der Waals surface area contributed by atoms with Gasteiger partial charge < -0.3 is 14.4 Å². The maximum atomic E-state index is 12.7. The van der Waals surface area contributed by atoms with E-state index in [0.717, 1.165) is 19.4 Å². The molecule has 0 aromatic rings. The number of hydrogen-bond acceptors (Lipinski definition) is 3. The molecule has 0 N–H and O–H groups in total. The quantitative estimate of drug-likeness (QED) is 0.725. The van der Waals surface area contributed by atoms with E-state index in [1.807, 2.05) is 4.90 Å². The van der Waals surface area contributed by atoms with Gasteiger partial charge in [0.2, 0.25) is 5.91 Å². The van der Waals surface area contributed by atoms with Crippen LogP contribution in [0.5, 0.6) is 0 Å². The maximum Gasteiger partial charge on any atom is 0.226 e. The standard InChI is InChI=1S/C15H23NO3/c17-14(13-11-4-1-2-5-12(11)13)16-7-3-6-15(10-16)18-8-9-19-15/h11-13H,1-10H2. The molecule has 4 rings (SSSR count). The van der Waals surface area contributed by atoms with Crippen molar-refractivity contribution in [1.29, 1.82) is 0 Å². The van der Waals surface area contributed by atoms with Crippen LogP contribution in [-0.2, 0) is 14.3 Å². The number of amides is 1. The van der Waals surface area contributed by atoms with Gasteiger partial charge in [0, 0.05) is 18.9 Å². The third-order valence-electron chi connectivity index (χ3n) is 5.48. The highest BCUT2D eigenvalue weighted by atomic mass is 16.7. The number of rotatable bonds is 1. The fraction of sp³-hybridized carbons (Fsp3) is 0.933. The first-order chi connectivity index (χ1) is 9.29. The van der Waals surface area contributed by atoms with Crippen LogP contribution >= 0.6 is 0 Å². The molecule has 0 radical (unpaired) electrons. The van der Waals surface area contributed by atoms with E-state index >= 15 is 0 Å². The molecule has 2 saturated carbocycles. The van der Waals surface area contributed by atoms with Crippen molar-refractivity contribution in [3.8, 4) is 0 Å². The Balaban J connectivity index is 1.43. The summed E-state index contributed by atoms with van der Waals surface area (Å²) in [7, 11) is 0. The zero-order valence-corrected chi connectivity index (χ0v) is 11.5. The molecule has 106 valence electrons. The Morgan fingerprint density at radius 1 is 1.05 bits per heavy atom. The fourth-order valence-electron chi connectivity index (χ4n) is 4.48. The van der Waals surface area contributed by atoms with Gasteiger partial charge in [-0.2, -0.15) is 0 Å². The van der Waals surface area contributed by atoms with Gasteiger partial charge in [-0.1, -0.05) is 12.8 Å². The third kappa shape index (κ3) is 2.00. The van der Waals surface area contributed by atoms with Crippen molar-refractivity contribution >= 4 is 5.91 Å². The molecule has 0 aromatic carbocycles. The molecule has 4 fully saturated rings. The summed E-state index contributed by atoms with van der Waals surface area (Å²) in [5.41, 5.74) is 0. The molecule has 4 aliphatic rings. The number of nitrogens with zero attached hydrogens (tertiary/aromatic N) is 1. The lowest BCUT2D eigenvalue weighted by Gasteiger charge is -2.38. The minimum Gasteiger partial charge on any atom is -0.346 e. The average Bonchev–Trinajstić information content (AvgIpc) is 3.02. The molecular formula is C15H23NO3. The maximum absolute atomic E-state index is 12.7. The zero-order chi connectivity index (χ0) is 12.9. The average molecular weight is 265 g/mol. The van der Waals surface area contributed by atoms with Gasteiger partial charge in [0.25, 0.3) is 0 Å². The Bertz CT molecular complexity index is 366. The Kier molecular flexibility index (Phi) is 2.85. The molecule has 4 nitrogen and oxygen atoms in total. The molecule has 0 bridgehead atoms. The minimum absolute atomic E-state index is 0.332. The van der Waals surface area contributed by atoms with Gasteiger partial charge in [-0.3, -0.25) is 4.79 Å². The van der Waals surface area contributed by atoms with Crippen molar-refractivity contribution in [2.24, 2.45) is 17.8 Å². The molecule has 2 heterocycles. The number of likely N-dealkylation sites (tertiary alicyclic amines) is 1. The van der Waals surface area contributed by atoms with E-state index in [-0.39, 0.29) is 0 Å². The summed E-state index contributed by atoms with van der Waals surface area (Å²) in [6.07, 6.45) is 7.13. The van der Waals surface area contributed by atoms with Crippen LogP contribution in [0.2, 0.25) is 0 Å². The highest BCUT2D eigenvalue weighted by Gasteiger charge is 2.56. The Labute approximate surface area is 114 Å². The van der Waals surface area contributed by atoms with E-state index < -0.39 is 5.79 Å². The molecule has 2 saturated heterocycles. The van der Waals surface area contributed by atoms with E-state index in [4.69, 9.17) is 9.47 Å². The summed E-state index contributed by atoms with van der Waals surface area (Å²) in [6.45, 7) is 2.90. The molecule has 2 unspecified atom stereocenters. The van der Waals surface area contributed by atoms with Crippen LogP contribution in [0, 0.1) is 17.8 Å². The highest BCUT2D eigenvalue weighted by molar-refractivity contribution is 5.82. The number of piperidine rings is 1. The first-order valence-electron chi connectivity index (χ1n) is 7.86. The lowest BCUT2D eigenvalue weighted by molar-refractivity contribution is -0.193. The van der Waals surface area contributed by atoms with E-state index in [0.29, 0.717) is 43.4 Å². The van der Waals surface area contributed by atoms with Crippen LogP contribution in [0.15, 0.2) is 0 Å². The van der Waals surface area contributed by atoms with Crippen molar-refractivity contribution in [1.82, 2.24) is 4.90 Å². The van der Waals surface area contributed by atoms with Crippen LogP contribution in [0.3, 0.4) is 0 Å². The molecular weight excluding hydrogens is 242 g/mol. The Morgan fingerprint density at radius 3 is 2.42 bits per heavy atom. The van der Waals surface area contributed by atoms with E-state index in [1.165, 1.54) is 25.7 Å². The monoisotopic (exact) mass is 265 g/mol. The normalized spacial score (nSPS) is 40.2. The summed E-state index contributed by atoms with van der Waals surface area (Å²) >= 11 is 0. The van der Waals surface area contributed by atoms with Crippen LogP contribution in [-0.4, -0.2) is 42.9 Å². The Morgan fingerprint density at radius 2 is 1.74 bits per heavy atom. The van der Waals surface area contributed by atoms with Crippen LogP contribution < -0.4 is 0 Å². The predicted molar refractivity (Wildman–Crippen MR) is 69.4 cm³/mol. The van der Waals surface area contributed by atoms with E-state index in [1.54, 1.807) is 0 Å². The first kappa shape index (κ1) is 12.2. The summed E-state index contributed by atoms with van der Waals surface area (Å²) in [5, 5.41) is 0. The van der Waals surface area contributed by atoms with Gasteiger partial charge in [-0.25, -0.2) is 0 Å². The molecule has 4 heteroatoms. The number of fused-ring (bicyclic) bond motifs is 1. The molecule has 2 atom stereocenters. The van der Waals surface area contributed by atoms with Crippen molar-refractivity contribution in [2.45, 2.75) is 44.3 Å². The number of ether oxygens (including phenoxy) is 2. The number of carbonyl (C=O) groups is 1. The molecule has 2 aliphatic heterocycles. The summed E-state index contributed by atoms with van der Waals surface area (Å²) in [5.74, 6) is 1.65. The van der Waals surface area contributed by atoms with Crippen molar-refractivity contribution in [3.63, 3.8) is 0 Å². The molecule has 0 aromatic heterocycles. The van der Waals surface area contributed by atoms with Gasteiger partial charge in [0.05, 0.1) is 19.8 Å². The van der Waals surface area contributed by atoms with Gasteiger partial charge in [-0.05, 0) is 31.1 Å². The smallest absolute Gasteiger partial charge is 0.226 e. The van der Waals surface area contributed by atoms with E-state index in [9.17, 15) is 4.79 Å². The van der Waals surface area contributed by atoms with Gasteiger partial charge in [0.1, 0.15) is 0 Å². The highest BCUT2D eigenvalue weighted by Crippen LogP contribution is 2.56. The molecule has 1 amide bonds. The third-order valence-corrected chi connectivity index (χ3v) is 5.48. The number of hydrogen-bond donors (Lipinski definition) is 0. The minimum atomic E-state index is -0.464. The zero-order valence-electron chi connectivity index (χ0n) is 11.5. The summed E-state index contributed by atoms with van der Waals surface area (Å²) < 4.78 is 11.5. The number of carbonyl (C=O) groups excluding carboxylic acids is 1. The van der Waals surface area contributed by atoms with Crippen molar-refractivity contribution < 1.29 is 14.3 Å². The largest absolute Gasteiger partial charge is 0.346 e. The summed E-state index contributed by atoms with van der Waals surface area (Å²) in [4.78, 5) is 14.7. The molecule has 1 spiro atoms. The lowest BCUT2D eigenvalue weighted by Crippen LogP contribution is -2.51. The van der Waals surface area contributed by atoms with Crippen LogP contribution in [0.1, 0.15) is 38.5 Å². The fourth-order valence-corrected chi connectivity index (χ4v) is 4.48. The second-order valence-electron chi connectivity index (χ2n) is 6.61. The second-order valence-corrected chi connectivity index (χ2v) is 6.61. The topological polar surface area (TPSA) is 38.8 Å². The van der Waals surface area contributed by atoms with Crippen molar-refractivity contribution in [2.75, 3.05) is 26.3 Å². The molecule has 2 aliphatic carbocycles. The van der Waals surface area contributed by atoms with Gasteiger partial charge in [0.15, 0.2) is 5.79 Å². The van der Waals surface area contributed by atoms with Crippen molar-refractivity contribution in [3.05, 3.63) is 0 Å². The SMILES string of the molecule is O=C(C1C2CCCCC21)N1CCCC2(C1)OCCO2. The lowest BCUT2D eigenvalue weighted by atomic mass is 10.0. The second kappa shape index (κ2) is 4.45. The van der Waals surface area contributed by atoms with E-state index in [2.05, 4.69) is 0 Å². The predicted octanol–water partition coefficient (Wildman–Crippen LogP) is 1.79. The van der Waals surface area contributed by atoms with Crippen LogP contribution in [0.4, 0.5) is 0 Å². The van der Waals surface area contributed by atoms with Crippen LogP contribution in [0.25, 0.3) is 0 Å². The van der Waals surface area contributed by atoms with Gasteiger partial charge in [-0.15, -0.1) is 0 Å². The molecule has 19 heavy (non-hydrogen) atoms. The Hall–Kier alpha value is -0.610. The first-order valence-corrected chi connectivity index (χ1v) is 7.86. The summed E-state index contributed by atoms with van der Waals surface area (Å²) in [6, 6.07) is 0. The van der Waals surface area contributed by atoms with Gasteiger partial charge >= 0.3 is 0 Å².